The Hall–Kier alpha value is -1.94. The zero-order valence-corrected chi connectivity index (χ0v) is 11.9. The number of pyridine rings is 1. The van der Waals surface area contributed by atoms with Crippen LogP contribution in [-0.4, -0.2) is 30.5 Å². The Morgan fingerprint density at radius 3 is 2.90 bits per heavy atom. The van der Waals surface area contributed by atoms with E-state index >= 15 is 0 Å². The molecular weight excluding hydrogens is 250 g/mol. The highest BCUT2D eigenvalue weighted by molar-refractivity contribution is 5.81. The van der Waals surface area contributed by atoms with Gasteiger partial charge in [0.2, 0.25) is 5.91 Å². The van der Waals surface area contributed by atoms with Crippen molar-refractivity contribution in [1.29, 1.82) is 0 Å². The highest BCUT2D eigenvalue weighted by atomic mass is 16.1. The van der Waals surface area contributed by atoms with Gasteiger partial charge in [0, 0.05) is 31.1 Å². The molecule has 0 saturated heterocycles. The Morgan fingerprint density at radius 1 is 1.20 bits per heavy atom. The minimum absolute atomic E-state index is 0.104. The van der Waals surface area contributed by atoms with Crippen molar-refractivity contribution >= 4 is 16.8 Å². The molecule has 0 aliphatic carbocycles. The van der Waals surface area contributed by atoms with Crippen LogP contribution >= 0.6 is 0 Å². The summed E-state index contributed by atoms with van der Waals surface area (Å²) in [5, 5.41) is 7.26. The highest BCUT2D eigenvalue weighted by Crippen LogP contribution is 2.15. The van der Waals surface area contributed by atoms with Gasteiger partial charge >= 0.3 is 0 Å². The molecule has 0 bridgehead atoms. The van der Waals surface area contributed by atoms with E-state index in [-0.39, 0.29) is 5.91 Å². The van der Waals surface area contributed by atoms with Crippen LogP contribution in [0.4, 0.5) is 0 Å². The van der Waals surface area contributed by atoms with Crippen LogP contribution in [0.25, 0.3) is 10.9 Å². The number of hydrogen-bond donors (Lipinski definition) is 2. The molecule has 0 saturated carbocycles. The topological polar surface area (TPSA) is 54.0 Å². The summed E-state index contributed by atoms with van der Waals surface area (Å²) < 4.78 is 0. The van der Waals surface area contributed by atoms with Crippen LogP contribution in [0.15, 0.2) is 36.5 Å². The van der Waals surface area contributed by atoms with Crippen molar-refractivity contribution in [2.24, 2.45) is 0 Å². The first-order valence-electron chi connectivity index (χ1n) is 7.11. The number of carbonyl (C=O) groups is 1. The van der Waals surface area contributed by atoms with E-state index in [1.54, 1.807) is 0 Å². The summed E-state index contributed by atoms with van der Waals surface area (Å²) in [7, 11) is 0. The molecule has 1 heterocycles. The van der Waals surface area contributed by atoms with Gasteiger partial charge in [-0.15, -0.1) is 0 Å². The van der Waals surface area contributed by atoms with Gasteiger partial charge in [0.15, 0.2) is 0 Å². The van der Waals surface area contributed by atoms with Crippen molar-refractivity contribution in [2.75, 3.05) is 19.6 Å². The summed E-state index contributed by atoms with van der Waals surface area (Å²) in [5.74, 6) is 0.104. The first kappa shape index (κ1) is 14.5. The Bertz CT molecular complexity index is 563. The van der Waals surface area contributed by atoms with Crippen molar-refractivity contribution in [2.45, 2.75) is 19.8 Å². The molecule has 106 valence electrons. The molecular formula is C16H21N3O. The fourth-order valence-corrected chi connectivity index (χ4v) is 2.20. The fourth-order valence-electron chi connectivity index (χ4n) is 2.20. The third-order valence-corrected chi connectivity index (χ3v) is 3.19. The lowest BCUT2D eigenvalue weighted by Gasteiger charge is -2.07. The van der Waals surface area contributed by atoms with Crippen LogP contribution < -0.4 is 10.6 Å². The van der Waals surface area contributed by atoms with Crippen molar-refractivity contribution in [3.05, 3.63) is 42.1 Å². The van der Waals surface area contributed by atoms with Gasteiger partial charge in [0.25, 0.3) is 0 Å². The van der Waals surface area contributed by atoms with Gasteiger partial charge in [-0.05, 0) is 31.5 Å². The smallest absolute Gasteiger partial charge is 0.221 e. The van der Waals surface area contributed by atoms with Crippen molar-refractivity contribution in [3.8, 4) is 0 Å². The first-order chi connectivity index (χ1) is 9.81. The summed E-state index contributed by atoms with van der Waals surface area (Å²) >= 11 is 0. The molecule has 4 heteroatoms. The normalized spacial score (nSPS) is 10.7. The predicted octanol–water partition coefficient (Wildman–Crippen LogP) is 1.89. The second-order valence-corrected chi connectivity index (χ2v) is 4.70. The lowest BCUT2D eigenvalue weighted by atomic mass is 10.1. The zero-order chi connectivity index (χ0) is 14.2. The predicted molar refractivity (Wildman–Crippen MR) is 81.6 cm³/mol. The number of hydrogen-bond acceptors (Lipinski definition) is 3. The van der Waals surface area contributed by atoms with E-state index < -0.39 is 0 Å². The molecule has 1 amide bonds. The van der Waals surface area contributed by atoms with E-state index in [9.17, 15) is 4.79 Å². The molecule has 0 aliphatic rings. The number of fused-ring (bicyclic) bond motifs is 1. The van der Waals surface area contributed by atoms with Crippen LogP contribution in [0.2, 0.25) is 0 Å². The molecule has 2 aromatic rings. The van der Waals surface area contributed by atoms with E-state index in [1.807, 2.05) is 19.2 Å². The van der Waals surface area contributed by atoms with E-state index in [0.29, 0.717) is 19.5 Å². The van der Waals surface area contributed by atoms with Gasteiger partial charge in [-0.3, -0.25) is 9.78 Å². The highest BCUT2D eigenvalue weighted by Gasteiger charge is 2.02. The average molecular weight is 271 g/mol. The van der Waals surface area contributed by atoms with E-state index in [0.717, 1.165) is 18.5 Å². The van der Waals surface area contributed by atoms with Crippen molar-refractivity contribution in [1.82, 2.24) is 15.6 Å². The molecule has 0 aliphatic heterocycles. The van der Waals surface area contributed by atoms with Gasteiger partial charge in [-0.2, -0.15) is 0 Å². The maximum atomic E-state index is 11.3. The van der Waals surface area contributed by atoms with Gasteiger partial charge < -0.3 is 10.6 Å². The lowest BCUT2D eigenvalue weighted by molar-refractivity contribution is -0.120. The molecule has 2 N–H and O–H groups in total. The second-order valence-electron chi connectivity index (χ2n) is 4.70. The van der Waals surface area contributed by atoms with Gasteiger partial charge in [0.1, 0.15) is 0 Å². The van der Waals surface area contributed by atoms with E-state index in [1.165, 1.54) is 10.9 Å². The SMILES string of the molecule is CCNC(=O)CCNCCc1cccc2cccnc12. The van der Waals surface area contributed by atoms with Gasteiger partial charge in [-0.1, -0.05) is 24.3 Å². The van der Waals surface area contributed by atoms with Crippen LogP contribution in [0.1, 0.15) is 18.9 Å². The minimum Gasteiger partial charge on any atom is -0.356 e. The summed E-state index contributed by atoms with van der Waals surface area (Å²) in [6.45, 7) is 4.19. The largest absolute Gasteiger partial charge is 0.356 e. The number of carbonyl (C=O) groups excluding carboxylic acids is 1. The molecule has 4 nitrogen and oxygen atoms in total. The molecule has 0 spiro atoms. The summed E-state index contributed by atoms with van der Waals surface area (Å²) in [6.07, 6.45) is 3.28. The minimum atomic E-state index is 0.104. The molecule has 0 fully saturated rings. The number of benzene rings is 1. The van der Waals surface area contributed by atoms with Crippen molar-refractivity contribution < 1.29 is 4.79 Å². The number of rotatable bonds is 7. The Kier molecular flexibility index (Phi) is 5.50. The lowest BCUT2D eigenvalue weighted by Crippen LogP contribution is -2.28. The molecule has 1 aromatic carbocycles. The Morgan fingerprint density at radius 2 is 2.05 bits per heavy atom. The van der Waals surface area contributed by atoms with Crippen molar-refractivity contribution in [3.63, 3.8) is 0 Å². The quantitative estimate of drug-likeness (QED) is 0.756. The maximum Gasteiger partial charge on any atom is 0.221 e. The van der Waals surface area contributed by atoms with Gasteiger partial charge in [-0.25, -0.2) is 0 Å². The molecule has 2 rings (SSSR count). The monoisotopic (exact) mass is 271 g/mol. The molecule has 1 aromatic heterocycles. The second kappa shape index (κ2) is 7.60. The zero-order valence-electron chi connectivity index (χ0n) is 11.9. The van der Waals surface area contributed by atoms with Gasteiger partial charge in [0.05, 0.1) is 5.52 Å². The number of nitrogens with zero attached hydrogens (tertiary/aromatic N) is 1. The molecule has 0 atom stereocenters. The Labute approximate surface area is 119 Å². The number of amides is 1. The van der Waals surface area contributed by atoms with Crippen LogP contribution in [-0.2, 0) is 11.2 Å². The fraction of sp³-hybridized carbons (Fsp3) is 0.375. The summed E-state index contributed by atoms with van der Waals surface area (Å²) in [4.78, 5) is 15.7. The summed E-state index contributed by atoms with van der Waals surface area (Å²) in [5.41, 5.74) is 2.31. The third-order valence-electron chi connectivity index (χ3n) is 3.19. The summed E-state index contributed by atoms with van der Waals surface area (Å²) in [6, 6.07) is 10.3. The van der Waals surface area contributed by atoms with E-state index in [4.69, 9.17) is 0 Å². The molecule has 0 unspecified atom stereocenters. The number of nitrogens with one attached hydrogen (secondary N) is 2. The van der Waals surface area contributed by atoms with E-state index in [2.05, 4.69) is 39.9 Å². The number of para-hydroxylation sites is 1. The van der Waals surface area contributed by atoms with Crippen LogP contribution in [0.3, 0.4) is 0 Å². The standard InChI is InChI=1S/C16H21N3O/c1-2-18-15(20)9-12-17-11-8-14-6-3-5-13-7-4-10-19-16(13)14/h3-7,10,17H,2,8-9,11-12H2,1H3,(H,18,20). The van der Waals surface area contributed by atoms with Crippen LogP contribution in [0.5, 0.6) is 0 Å². The van der Waals surface area contributed by atoms with Crippen LogP contribution in [0, 0.1) is 0 Å². The molecule has 0 radical (unpaired) electrons. The number of aromatic nitrogens is 1. The Balaban J connectivity index is 1.80. The first-order valence-corrected chi connectivity index (χ1v) is 7.11. The third kappa shape index (κ3) is 4.03. The maximum absolute atomic E-state index is 11.3. The molecule has 20 heavy (non-hydrogen) atoms. The average Bonchev–Trinajstić information content (AvgIpc) is 2.47.